The number of fused-ring (bicyclic) bond motifs is 1. The molecule has 3 aromatic rings. The van der Waals surface area contributed by atoms with Gasteiger partial charge in [0.25, 0.3) is 0 Å². The number of carboxylic acids is 1. The Morgan fingerprint density at radius 1 is 1.11 bits per heavy atom. The Hall–Kier alpha value is -2.82. The van der Waals surface area contributed by atoms with E-state index in [1.807, 2.05) is 0 Å². The normalized spacial score (nSPS) is 10.7. The van der Waals surface area contributed by atoms with E-state index in [1.54, 1.807) is 53.1 Å². The van der Waals surface area contributed by atoms with E-state index in [2.05, 4.69) is 4.98 Å². The molecule has 0 bridgehead atoms. The van der Waals surface area contributed by atoms with E-state index < -0.39 is 5.97 Å². The number of imidazole rings is 1. The van der Waals surface area contributed by atoms with E-state index in [0.717, 1.165) is 0 Å². The molecule has 5 nitrogen and oxygen atoms in total. The first kappa shape index (κ1) is 11.3. The van der Waals surface area contributed by atoms with E-state index in [4.69, 9.17) is 0 Å². The van der Waals surface area contributed by atoms with Gasteiger partial charge in [0.1, 0.15) is 11.6 Å². The maximum Gasteiger partial charge on any atom is 0.356 e. The maximum atomic E-state index is 11.2. The lowest BCUT2D eigenvalue weighted by Crippen LogP contribution is -1.96. The zero-order valence-corrected chi connectivity index (χ0v) is 9.82. The molecule has 1 aromatic carbocycles. The average molecular weight is 254 g/mol. The summed E-state index contributed by atoms with van der Waals surface area (Å²) in [5.41, 5.74) is 0.961. The number of aromatic carboxylic acids is 1. The number of nitrogens with zero attached hydrogens (tertiary/aromatic N) is 2. The van der Waals surface area contributed by atoms with Crippen molar-refractivity contribution < 1.29 is 15.0 Å². The quantitative estimate of drug-likeness (QED) is 0.736. The summed E-state index contributed by atoms with van der Waals surface area (Å²) >= 11 is 0. The van der Waals surface area contributed by atoms with Crippen molar-refractivity contribution in [3.8, 4) is 17.1 Å². The standard InChI is InChI=1S/C14H10N2O3/c17-11-7-2-1-5-9(11)13-15-12(14(18)19)10-6-3-4-8-16(10)13/h1-8,17H,(H,18,19). The van der Waals surface area contributed by atoms with Crippen LogP contribution in [0.1, 0.15) is 10.5 Å². The van der Waals surface area contributed by atoms with Crippen molar-refractivity contribution >= 4 is 11.5 Å². The van der Waals surface area contributed by atoms with Crippen molar-refractivity contribution in [2.45, 2.75) is 0 Å². The van der Waals surface area contributed by atoms with Gasteiger partial charge >= 0.3 is 5.97 Å². The average Bonchev–Trinajstić information content (AvgIpc) is 2.79. The van der Waals surface area contributed by atoms with Crippen LogP contribution in [0.3, 0.4) is 0 Å². The smallest absolute Gasteiger partial charge is 0.356 e. The number of rotatable bonds is 2. The van der Waals surface area contributed by atoms with Crippen molar-refractivity contribution in [1.29, 1.82) is 0 Å². The summed E-state index contributed by atoms with van der Waals surface area (Å²) < 4.78 is 1.65. The number of pyridine rings is 1. The van der Waals surface area contributed by atoms with Crippen LogP contribution in [0.5, 0.6) is 5.75 Å². The van der Waals surface area contributed by atoms with Gasteiger partial charge < -0.3 is 10.2 Å². The number of hydrogen-bond donors (Lipinski definition) is 2. The van der Waals surface area contributed by atoms with Gasteiger partial charge in [0, 0.05) is 6.20 Å². The van der Waals surface area contributed by atoms with Crippen molar-refractivity contribution in [3.05, 3.63) is 54.4 Å². The Bertz CT molecular complexity index is 777. The molecule has 0 amide bonds. The Morgan fingerprint density at radius 2 is 1.84 bits per heavy atom. The summed E-state index contributed by atoms with van der Waals surface area (Å²) in [5, 5.41) is 19.0. The number of carboxylic acid groups (broad SMARTS) is 1. The molecule has 0 aliphatic heterocycles. The number of hydrogen-bond acceptors (Lipinski definition) is 3. The Labute approximate surface area is 108 Å². The third-order valence-corrected chi connectivity index (χ3v) is 2.90. The molecule has 2 aromatic heterocycles. The van der Waals surface area contributed by atoms with E-state index >= 15 is 0 Å². The molecular formula is C14H10N2O3. The van der Waals surface area contributed by atoms with Gasteiger partial charge in [-0.25, -0.2) is 9.78 Å². The zero-order valence-electron chi connectivity index (χ0n) is 9.82. The van der Waals surface area contributed by atoms with Crippen LogP contribution in [-0.2, 0) is 0 Å². The number of benzene rings is 1. The van der Waals surface area contributed by atoms with Gasteiger partial charge in [-0.3, -0.25) is 4.40 Å². The minimum absolute atomic E-state index is 0.0288. The van der Waals surface area contributed by atoms with Crippen LogP contribution in [0, 0.1) is 0 Å². The lowest BCUT2D eigenvalue weighted by atomic mass is 10.2. The molecule has 0 saturated carbocycles. The number of aromatic nitrogens is 2. The highest BCUT2D eigenvalue weighted by Gasteiger charge is 2.18. The molecule has 0 fully saturated rings. The number of phenolic OH excluding ortho intramolecular Hbond substituents is 1. The van der Waals surface area contributed by atoms with Gasteiger partial charge in [0.05, 0.1) is 11.1 Å². The molecule has 2 heterocycles. The molecule has 0 saturated heterocycles. The molecule has 0 spiro atoms. The third-order valence-electron chi connectivity index (χ3n) is 2.90. The van der Waals surface area contributed by atoms with Crippen LogP contribution in [0.25, 0.3) is 16.9 Å². The van der Waals surface area contributed by atoms with Crippen LogP contribution in [0.2, 0.25) is 0 Å². The van der Waals surface area contributed by atoms with Crippen LogP contribution in [0.4, 0.5) is 0 Å². The fourth-order valence-electron chi connectivity index (χ4n) is 2.05. The van der Waals surface area contributed by atoms with Gasteiger partial charge in [0.2, 0.25) is 0 Å². The first-order chi connectivity index (χ1) is 9.18. The molecule has 19 heavy (non-hydrogen) atoms. The van der Waals surface area contributed by atoms with Crippen LogP contribution >= 0.6 is 0 Å². The molecule has 5 heteroatoms. The van der Waals surface area contributed by atoms with Crippen molar-refractivity contribution in [2.75, 3.05) is 0 Å². The molecule has 0 aliphatic carbocycles. The highest BCUT2D eigenvalue weighted by atomic mass is 16.4. The predicted octanol–water partition coefficient (Wildman–Crippen LogP) is 2.41. The lowest BCUT2D eigenvalue weighted by molar-refractivity contribution is 0.0693. The number of phenols is 1. The predicted molar refractivity (Wildman–Crippen MR) is 69.3 cm³/mol. The summed E-state index contributed by atoms with van der Waals surface area (Å²) in [6, 6.07) is 11.9. The molecular weight excluding hydrogens is 244 g/mol. The largest absolute Gasteiger partial charge is 0.507 e. The van der Waals surface area contributed by atoms with Crippen molar-refractivity contribution in [1.82, 2.24) is 9.38 Å². The second-order valence-electron chi connectivity index (χ2n) is 4.06. The zero-order chi connectivity index (χ0) is 13.4. The molecule has 0 atom stereocenters. The van der Waals surface area contributed by atoms with E-state index in [0.29, 0.717) is 16.9 Å². The second kappa shape index (κ2) is 4.13. The summed E-state index contributed by atoms with van der Waals surface area (Å²) in [6.07, 6.45) is 1.72. The first-order valence-corrected chi connectivity index (χ1v) is 5.67. The van der Waals surface area contributed by atoms with Crippen LogP contribution < -0.4 is 0 Å². The maximum absolute atomic E-state index is 11.2. The Morgan fingerprint density at radius 3 is 2.58 bits per heavy atom. The molecule has 0 unspecified atom stereocenters. The van der Waals surface area contributed by atoms with Gasteiger partial charge in [-0.2, -0.15) is 0 Å². The van der Waals surface area contributed by atoms with Crippen LogP contribution in [0.15, 0.2) is 48.7 Å². The van der Waals surface area contributed by atoms with Gasteiger partial charge in [-0.05, 0) is 24.3 Å². The highest BCUT2D eigenvalue weighted by Crippen LogP contribution is 2.29. The summed E-state index contributed by atoms with van der Waals surface area (Å²) in [5.74, 6) is -0.619. The molecule has 3 rings (SSSR count). The van der Waals surface area contributed by atoms with E-state index in [-0.39, 0.29) is 11.4 Å². The lowest BCUT2D eigenvalue weighted by Gasteiger charge is -2.02. The topological polar surface area (TPSA) is 74.8 Å². The first-order valence-electron chi connectivity index (χ1n) is 5.67. The third kappa shape index (κ3) is 1.72. The van der Waals surface area contributed by atoms with E-state index in [9.17, 15) is 15.0 Å². The fraction of sp³-hybridized carbons (Fsp3) is 0. The minimum Gasteiger partial charge on any atom is -0.507 e. The summed E-state index contributed by atoms with van der Waals surface area (Å²) in [7, 11) is 0. The SMILES string of the molecule is O=C(O)c1nc(-c2ccccc2O)n2ccccc12. The minimum atomic E-state index is -1.09. The molecule has 94 valence electrons. The highest BCUT2D eigenvalue weighted by molar-refractivity contribution is 5.95. The fourth-order valence-corrected chi connectivity index (χ4v) is 2.05. The number of para-hydroxylation sites is 1. The van der Waals surface area contributed by atoms with E-state index in [1.165, 1.54) is 0 Å². The summed E-state index contributed by atoms with van der Waals surface area (Å²) in [6.45, 7) is 0. The monoisotopic (exact) mass is 254 g/mol. The second-order valence-corrected chi connectivity index (χ2v) is 4.06. The van der Waals surface area contributed by atoms with Crippen molar-refractivity contribution in [2.24, 2.45) is 0 Å². The van der Waals surface area contributed by atoms with Crippen molar-refractivity contribution in [3.63, 3.8) is 0 Å². The summed E-state index contributed by atoms with van der Waals surface area (Å²) in [4.78, 5) is 15.3. The molecule has 0 radical (unpaired) electrons. The Balaban J connectivity index is 2.37. The van der Waals surface area contributed by atoms with Gasteiger partial charge in [-0.1, -0.05) is 18.2 Å². The molecule has 2 N–H and O–H groups in total. The van der Waals surface area contributed by atoms with Gasteiger partial charge in [0.15, 0.2) is 5.69 Å². The number of aromatic hydroxyl groups is 1. The Kier molecular flexibility index (Phi) is 2.45. The molecule has 0 aliphatic rings. The number of carbonyl (C=O) groups is 1. The van der Waals surface area contributed by atoms with Crippen LogP contribution in [-0.4, -0.2) is 25.6 Å². The van der Waals surface area contributed by atoms with Gasteiger partial charge in [-0.15, -0.1) is 0 Å².